The molecule has 0 saturated heterocycles. The number of hydrogen-bond donors (Lipinski definition) is 1. The molecule has 0 amide bonds. The van der Waals surface area contributed by atoms with Gasteiger partial charge in [-0.15, -0.1) is 0 Å². The van der Waals surface area contributed by atoms with E-state index in [1.807, 2.05) is 0 Å². The molecule has 0 radical (unpaired) electrons. The number of aromatic nitrogens is 1. The molecule has 3 nitrogen and oxygen atoms in total. The van der Waals surface area contributed by atoms with Crippen molar-refractivity contribution in [1.29, 1.82) is 0 Å². The first kappa shape index (κ1) is 11.3. The van der Waals surface area contributed by atoms with Crippen molar-refractivity contribution < 1.29 is 13.9 Å². The van der Waals surface area contributed by atoms with Crippen LogP contribution in [-0.4, -0.2) is 18.1 Å². The van der Waals surface area contributed by atoms with Crippen LogP contribution in [0.3, 0.4) is 0 Å². The van der Waals surface area contributed by atoms with Gasteiger partial charge in [-0.3, -0.25) is 4.79 Å². The van der Waals surface area contributed by atoms with Gasteiger partial charge in [0, 0.05) is 22.5 Å². The predicted molar refractivity (Wildman–Crippen MR) is 66.0 cm³/mol. The summed E-state index contributed by atoms with van der Waals surface area (Å²) in [6, 6.07) is 4.76. The number of methoxy groups -OCH3 is 1. The maximum absolute atomic E-state index is 13.3. The fourth-order valence-corrected chi connectivity index (χ4v) is 2.81. The second kappa shape index (κ2) is 4.12. The fraction of sp³-hybridized carbons (Fsp3) is 0.357. The van der Waals surface area contributed by atoms with Crippen LogP contribution in [0.4, 0.5) is 4.39 Å². The molecule has 1 aliphatic carbocycles. The van der Waals surface area contributed by atoms with Crippen molar-refractivity contribution in [3.63, 3.8) is 0 Å². The number of hydrogen-bond acceptors (Lipinski definition) is 2. The molecule has 0 spiro atoms. The van der Waals surface area contributed by atoms with Gasteiger partial charge >= 0.3 is 5.97 Å². The minimum absolute atomic E-state index is 0.169. The third kappa shape index (κ3) is 1.68. The Labute approximate surface area is 104 Å². The van der Waals surface area contributed by atoms with Crippen LogP contribution in [0.2, 0.25) is 0 Å². The third-order valence-corrected chi connectivity index (χ3v) is 3.69. The number of rotatable bonds is 2. The Balaban J connectivity index is 2.01. The Bertz CT molecular complexity index is 618. The van der Waals surface area contributed by atoms with Gasteiger partial charge in [0.05, 0.1) is 13.5 Å². The van der Waals surface area contributed by atoms with E-state index in [9.17, 15) is 9.18 Å². The summed E-state index contributed by atoms with van der Waals surface area (Å²) in [5.41, 5.74) is 3.16. The molecule has 0 saturated carbocycles. The van der Waals surface area contributed by atoms with Crippen molar-refractivity contribution in [2.75, 3.05) is 7.11 Å². The molecule has 0 bridgehead atoms. The normalized spacial score (nSPS) is 18.0. The molecule has 94 valence electrons. The van der Waals surface area contributed by atoms with Crippen molar-refractivity contribution in [3.8, 4) is 0 Å². The minimum Gasteiger partial charge on any atom is -0.469 e. The maximum Gasteiger partial charge on any atom is 0.306 e. The molecule has 3 rings (SSSR count). The summed E-state index contributed by atoms with van der Waals surface area (Å²) in [5, 5.41) is 0.942. The lowest BCUT2D eigenvalue weighted by Gasteiger charge is -2.07. The average molecular weight is 247 g/mol. The van der Waals surface area contributed by atoms with Crippen LogP contribution in [0, 0.1) is 5.82 Å². The summed E-state index contributed by atoms with van der Waals surface area (Å²) >= 11 is 0. The van der Waals surface area contributed by atoms with Crippen molar-refractivity contribution in [1.82, 2.24) is 4.98 Å². The Morgan fingerprint density at radius 2 is 2.39 bits per heavy atom. The zero-order valence-electron chi connectivity index (χ0n) is 10.1. The predicted octanol–water partition coefficient (Wildman–Crippen LogP) is 2.90. The average Bonchev–Trinajstić information content (AvgIpc) is 2.90. The zero-order chi connectivity index (χ0) is 12.7. The number of H-pyrrole nitrogens is 1. The first-order chi connectivity index (χ1) is 8.69. The van der Waals surface area contributed by atoms with Gasteiger partial charge in [-0.05, 0) is 36.6 Å². The molecular weight excluding hydrogens is 233 g/mol. The van der Waals surface area contributed by atoms with E-state index in [2.05, 4.69) is 4.98 Å². The Morgan fingerprint density at radius 1 is 1.56 bits per heavy atom. The van der Waals surface area contributed by atoms with Crippen LogP contribution < -0.4 is 0 Å². The molecule has 18 heavy (non-hydrogen) atoms. The highest BCUT2D eigenvalue weighted by Crippen LogP contribution is 2.39. The summed E-state index contributed by atoms with van der Waals surface area (Å²) in [6.45, 7) is 0. The van der Waals surface area contributed by atoms with Gasteiger partial charge in [-0.2, -0.15) is 0 Å². The van der Waals surface area contributed by atoms with Gasteiger partial charge in [0.1, 0.15) is 5.82 Å². The van der Waals surface area contributed by atoms with E-state index in [1.54, 1.807) is 12.1 Å². The lowest BCUT2D eigenvalue weighted by atomic mass is 10.0. The van der Waals surface area contributed by atoms with E-state index in [4.69, 9.17) is 4.74 Å². The Morgan fingerprint density at radius 3 is 3.17 bits per heavy atom. The highest BCUT2D eigenvalue weighted by molar-refractivity contribution is 5.86. The van der Waals surface area contributed by atoms with Crippen LogP contribution in [-0.2, 0) is 16.0 Å². The van der Waals surface area contributed by atoms with E-state index < -0.39 is 0 Å². The Hall–Kier alpha value is -1.84. The van der Waals surface area contributed by atoms with Crippen LogP contribution in [0.5, 0.6) is 0 Å². The topological polar surface area (TPSA) is 42.1 Å². The highest BCUT2D eigenvalue weighted by atomic mass is 19.1. The SMILES string of the molecule is COC(=O)CC1CCc2c1[nH]c1ccc(F)cc21. The third-order valence-electron chi connectivity index (χ3n) is 3.69. The molecule has 1 aliphatic rings. The second-order valence-electron chi connectivity index (χ2n) is 4.72. The van der Waals surface area contributed by atoms with E-state index in [-0.39, 0.29) is 17.7 Å². The monoisotopic (exact) mass is 247 g/mol. The summed E-state index contributed by atoms with van der Waals surface area (Å²) in [5.74, 6) is -0.249. The highest BCUT2D eigenvalue weighted by Gasteiger charge is 2.28. The quantitative estimate of drug-likeness (QED) is 0.829. The van der Waals surface area contributed by atoms with Crippen molar-refractivity contribution in [2.24, 2.45) is 0 Å². The summed E-state index contributed by atoms with van der Waals surface area (Å²) in [7, 11) is 1.40. The number of carbonyl (C=O) groups is 1. The van der Waals surface area contributed by atoms with E-state index in [0.717, 1.165) is 35.0 Å². The Kier molecular flexibility index (Phi) is 2.58. The lowest BCUT2D eigenvalue weighted by molar-refractivity contribution is -0.141. The van der Waals surface area contributed by atoms with Gasteiger partial charge in [-0.25, -0.2) is 4.39 Å². The molecule has 2 aromatic rings. The number of ether oxygens (including phenoxy) is 1. The van der Waals surface area contributed by atoms with Crippen LogP contribution in [0.15, 0.2) is 18.2 Å². The molecule has 1 N–H and O–H groups in total. The number of aromatic amines is 1. The molecule has 0 aliphatic heterocycles. The number of halogens is 1. The van der Waals surface area contributed by atoms with E-state index in [1.165, 1.54) is 13.2 Å². The van der Waals surface area contributed by atoms with E-state index in [0.29, 0.717) is 6.42 Å². The minimum atomic E-state index is -0.222. The molecule has 1 aromatic carbocycles. The number of nitrogens with one attached hydrogen (secondary N) is 1. The van der Waals surface area contributed by atoms with Crippen molar-refractivity contribution in [2.45, 2.75) is 25.2 Å². The fourth-order valence-electron chi connectivity index (χ4n) is 2.81. The number of carbonyl (C=O) groups excluding carboxylic acids is 1. The summed E-state index contributed by atoms with van der Waals surface area (Å²) < 4.78 is 18.0. The molecular formula is C14H14FNO2. The first-order valence-corrected chi connectivity index (χ1v) is 6.06. The van der Waals surface area contributed by atoms with Gasteiger partial charge in [-0.1, -0.05) is 0 Å². The van der Waals surface area contributed by atoms with E-state index >= 15 is 0 Å². The van der Waals surface area contributed by atoms with Crippen LogP contribution >= 0.6 is 0 Å². The maximum atomic E-state index is 13.3. The van der Waals surface area contributed by atoms with Crippen molar-refractivity contribution in [3.05, 3.63) is 35.3 Å². The van der Waals surface area contributed by atoms with Crippen molar-refractivity contribution >= 4 is 16.9 Å². The van der Waals surface area contributed by atoms with Gasteiger partial charge in [0.25, 0.3) is 0 Å². The molecule has 0 fully saturated rings. The number of benzene rings is 1. The van der Waals surface area contributed by atoms with Gasteiger partial charge in [0.15, 0.2) is 0 Å². The zero-order valence-corrected chi connectivity index (χ0v) is 10.1. The number of esters is 1. The number of aryl methyl sites for hydroxylation is 1. The molecule has 1 unspecified atom stereocenters. The largest absolute Gasteiger partial charge is 0.469 e. The summed E-state index contributed by atoms with van der Waals surface area (Å²) in [4.78, 5) is 14.7. The lowest BCUT2D eigenvalue weighted by Crippen LogP contribution is -2.06. The second-order valence-corrected chi connectivity index (χ2v) is 4.72. The summed E-state index contributed by atoms with van der Waals surface area (Å²) in [6.07, 6.45) is 2.20. The number of fused-ring (bicyclic) bond motifs is 3. The van der Waals surface area contributed by atoms with Gasteiger partial charge in [0.2, 0.25) is 0 Å². The smallest absolute Gasteiger partial charge is 0.306 e. The molecule has 1 atom stereocenters. The van der Waals surface area contributed by atoms with Gasteiger partial charge < -0.3 is 9.72 Å². The molecule has 1 aromatic heterocycles. The molecule has 1 heterocycles. The molecule has 4 heteroatoms. The standard InChI is InChI=1S/C14H14FNO2/c1-18-13(17)6-8-2-4-10-11-7-9(15)3-5-12(11)16-14(8)10/h3,5,7-8,16H,2,4,6H2,1H3. The first-order valence-electron chi connectivity index (χ1n) is 6.06. The van der Waals surface area contributed by atoms with Crippen LogP contribution in [0.25, 0.3) is 10.9 Å². The van der Waals surface area contributed by atoms with Crippen LogP contribution in [0.1, 0.15) is 30.0 Å².